The predicted octanol–water partition coefficient (Wildman–Crippen LogP) is -0.813. The number of amides is 1. The van der Waals surface area contributed by atoms with Crippen LogP contribution < -0.4 is 5.73 Å². The van der Waals surface area contributed by atoms with Crippen LogP contribution in [0.4, 0.5) is 0 Å². The number of nitrogens with two attached hydrogens (primary N) is 1. The number of carbonyl (C=O) groups is 2. The molecular weight excluding hydrogens is 212 g/mol. The van der Waals surface area contributed by atoms with Gasteiger partial charge in [-0.05, 0) is 19.4 Å². The molecule has 0 rings (SSSR count). The van der Waals surface area contributed by atoms with E-state index in [1.54, 1.807) is 0 Å². The van der Waals surface area contributed by atoms with E-state index in [1.165, 1.54) is 4.90 Å². The van der Waals surface area contributed by atoms with Crippen LogP contribution in [0.15, 0.2) is 12.2 Å². The predicted molar refractivity (Wildman–Crippen MR) is 58.7 cm³/mol. The zero-order valence-electron chi connectivity index (χ0n) is 9.13. The number of carbonyl (C=O) groups excluding carboxylic acids is 1. The summed E-state index contributed by atoms with van der Waals surface area (Å²) in [6.45, 7) is 1.08. The second kappa shape index (κ2) is 8.87. The number of unbranched alkanes of at least 4 members (excludes halogenated alkanes) is 1. The molecule has 0 saturated carbocycles. The minimum absolute atomic E-state index is 0.144. The number of carboxylic acids is 1. The van der Waals surface area contributed by atoms with Gasteiger partial charge >= 0.3 is 5.97 Å². The molecule has 0 aliphatic heterocycles. The lowest BCUT2D eigenvalue weighted by Gasteiger charge is -2.19. The van der Waals surface area contributed by atoms with E-state index in [0.29, 0.717) is 13.1 Å². The lowest BCUT2D eigenvalue weighted by Crippen LogP contribution is -2.33. The number of aliphatic hydroxyl groups excluding tert-OH is 1. The zero-order valence-corrected chi connectivity index (χ0v) is 9.13. The molecule has 0 fully saturated rings. The molecule has 0 aromatic rings. The fraction of sp³-hybridized carbons (Fsp3) is 0.600. The molecule has 1 amide bonds. The molecule has 0 heterocycles. The largest absolute Gasteiger partial charge is 0.478 e. The van der Waals surface area contributed by atoms with Gasteiger partial charge in [0.15, 0.2) is 0 Å². The first-order valence-corrected chi connectivity index (χ1v) is 5.12. The third-order valence-electron chi connectivity index (χ3n) is 1.93. The fourth-order valence-electron chi connectivity index (χ4n) is 1.15. The molecular formula is C10H18N2O4. The van der Waals surface area contributed by atoms with Crippen molar-refractivity contribution in [1.82, 2.24) is 4.90 Å². The summed E-state index contributed by atoms with van der Waals surface area (Å²) in [5.74, 6) is -1.58. The maximum atomic E-state index is 11.5. The first-order chi connectivity index (χ1) is 7.61. The van der Waals surface area contributed by atoms with Gasteiger partial charge in [0.05, 0.1) is 6.61 Å². The molecule has 6 heteroatoms. The minimum atomic E-state index is -1.17. The average Bonchev–Trinajstić information content (AvgIpc) is 2.25. The maximum Gasteiger partial charge on any atom is 0.328 e. The van der Waals surface area contributed by atoms with Crippen LogP contribution in [0.3, 0.4) is 0 Å². The summed E-state index contributed by atoms with van der Waals surface area (Å²) in [5, 5.41) is 17.1. The third-order valence-corrected chi connectivity index (χ3v) is 1.93. The average molecular weight is 230 g/mol. The van der Waals surface area contributed by atoms with Crippen LogP contribution in [-0.4, -0.2) is 53.2 Å². The number of rotatable bonds is 8. The summed E-state index contributed by atoms with van der Waals surface area (Å²) >= 11 is 0. The van der Waals surface area contributed by atoms with E-state index >= 15 is 0 Å². The molecule has 0 radical (unpaired) electrons. The quantitative estimate of drug-likeness (QED) is 0.373. The van der Waals surface area contributed by atoms with Gasteiger partial charge in [-0.2, -0.15) is 0 Å². The number of aliphatic hydroxyl groups is 1. The number of aliphatic carboxylic acids is 1. The SMILES string of the molecule is NCCCCN(CCO)C(=O)/C=C\C(=O)O. The van der Waals surface area contributed by atoms with E-state index in [2.05, 4.69) is 0 Å². The Bertz CT molecular complexity index is 253. The van der Waals surface area contributed by atoms with Crippen LogP contribution in [0, 0.1) is 0 Å². The highest BCUT2D eigenvalue weighted by molar-refractivity contribution is 5.93. The molecule has 6 nitrogen and oxygen atoms in total. The second-order valence-electron chi connectivity index (χ2n) is 3.22. The Balaban J connectivity index is 4.17. The Morgan fingerprint density at radius 3 is 2.38 bits per heavy atom. The van der Waals surface area contributed by atoms with E-state index in [9.17, 15) is 9.59 Å². The standard InChI is InChI=1S/C10H18N2O4/c11-5-1-2-6-12(7-8-13)9(14)3-4-10(15)16/h3-4,13H,1-2,5-8,11H2,(H,15,16)/b4-3-. The molecule has 0 saturated heterocycles. The van der Waals surface area contributed by atoms with Gasteiger partial charge in [-0.3, -0.25) is 4.79 Å². The van der Waals surface area contributed by atoms with Crippen molar-refractivity contribution >= 4 is 11.9 Å². The molecule has 92 valence electrons. The Labute approximate surface area is 94.3 Å². The Kier molecular flexibility index (Phi) is 8.10. The van der Waals surface area contributed by atoms with Gasteiger partial charge in [-0.1, -0.05) is 0 Å². The number of carboxylic acid groups (broad SMARTS) is 1. The van der Waals surface area contributed by atoms with Crippen LogP contribution in [-0.2, 0) is 9.59 Å². The van der Waals surface area contributed by atoms with Gasteiger partial charge in [-0.15, -0.1) is 0 Å². The van der Waals surface area contributed by atoms with Crippen molar-refractivity contribution < 1.29 is 19.8 Å². The lowest BCUT2D eigenvalue weighted by molar-refractivity contribution is -0.132. The third kappa shape index (κ3) is 6.97. The maximum absolute atomic E-state index is 11.5. The van der Waals surface area contributed by atoms with E-state index in [1.807, 2.05) is 0 Å². The van der Waals surface area contributed by atoms with Crippen molar-refractivity contribution in [2.45, 2.75) is 12.8 Å². The first kappa shape index (κ1) is 14.6. The minimum Gasteiger partial charge on any atom is -0.478 e. The van der Waals surface area contributed by atoms with Crippen LogP contribution in [0.1, 0.15) is 12.8 Å². The van der Waals surface area contributed by atoms with Crippen molar-refractivity contribution in [2.24, 2.45) is 5.73 Å². The summed E-state index contributed by atoms with van der Waals surface area (Å²) < 4.78 is 0. The fourth-order valence-corrected chi connectivity index (χ4v) is 1.15. The topological polar surface area (TPSA) is 104 Å². The molecule has 0 aliphatic carbocycles. The first-order valence-electron chi connectivity index (χ1n) is 5.12. The van der Waals surface area contributed by atoms with E-state index in [-0.39, 0.29) is 13.2 Å². The van der Waals surface area contributed by atoms with Gasteiger partial charge in [0, 0.05) is 25.2 Å². The highest BCUT2D eigenvalue weighted by atomic mass is 16.4. The van der Waals surface area contributed by atoms with E-state index < -0.39 is 11.9 Å². The summed E-state index contributed by atoms with van der Waals surface area (Å²) in [7, 11) is 0. The number of nitrogens with zero attached hydrogens (tertiary/aromatic N) is 1. The lowest BCUT2D eigenvalue weighted by atomic mass is 10.3. The normalized spacial score (nSPS) is 10.6. The molecule has 16 heavy (non-hydrogen) atoms. The van der Waals surface area contributed by atoms with Crippen molar-refractivity contribution in [3.05, 3.63) is 12.2 Å². The van der Waals surface area contributed by atoms with Gasteiger partial charge in [0.1, 0.15) is 0 Å². The summed E-state index contributed by atoms with van der Waals surface area (Å²) in [6, 6.07) is 0. The monoisotopic (exact) mass is 230 g/mol. The zero-order chi connectivity index (χ0) is 12.4. The van der Waals surface area contributed by atoms with Crippen molar-refractivity contribution in [2.75, 3.05) is 26.2 Å². The van der Waals surface area contributed by atoms with Crippen LogP contribution >= 0.6 is 0 Å². The van der Waals surface area contributed by atoms with Crippen LogP contribution in [0.5, 0.6) is 0 Å². The smallest absolute Gasteiger partial charge is 0.328 e. The number of hydrogen-bond acceptors (Lipinski definition) is 4. The number of hydrogen-bond donors (Lipinski definition) is 3. The van der Waals surface area contributed by atoms with Crippen molar-refractivity contribution in [3.8, 4) is 0 Å². The molecule has 0 bridgehead atoms. The Morgan fingerprint density at radius 1 is 1.19 bits per heavy atom. The summed E-state index contributed by atoms with van der Waals surface area (Å²) in [4.78, 5) is 23.1. The van der Waals surface area contributed by atoms with Gasteiger partial charge in [0.2, 0.25) is 5.91 Å². The van der Waals surface area contributed by atoms with Crippen molar-refractivity contribution in [1.29, 1.82) is 0 Å². The van der Waals surface area contributed by atoms with E-state index in [0.717, 1.165) is 25.0 Å². The molecule has 0 aromatic carbocycles. The Morgan fingerprint density at radius 2 is 1.88 bits per heavy atom. The van der Waals surface area contributed by atoms with E-state index in [4.69, 9.17) is 15.9 Å². The summed E-state index contributed by atoms with van der Waals surface area (Å²) in [5.41, 5.74) is 5.32. The van der Waals surface area contributed by atoms with Crippen LogP contribution in [0.25, 0.3) is 0 Å². The Hall–Kier alpha value is -1.40. The van der Waals surface area contributed by atoms with Gasteiger partial charge in [-0.25, -0.2) is 4.79 Å². The second-order valence-corrected chi connectivity index (χ2v) is 3.22. The molecule has 0 atom stereocenters. The molecule has 0 aliphatic rings. The van der Waals surface area contributed by atoms with Crippen molar-refractivity contribution in [3.63, 3.8) is 0 Å². The summed E-state index contributed by atoms with van der Waals surface area (Å²) in [6.07, 6.45) is 3.30. The highest BCUT2D eigenvalue weighted by Gasteiger charge is 2.09. The van der Waals surface area contributed by atoms with Crippen LogP contribution in [0.2, 0.25) is 0 Å². The molecule has 0 unspecified atom stereocenters. The van der Waals surface area contributed by atoms with Gasteiger partial charge in [0.25, 0.3) is 0 Å². The highest BCUT2D eigenvalue weighted by Crippen LogP contribution is 1.96. The molecule has 4 N–H and O–H groups in total. The molecule has 0 aromatic heterocycles. The molecule has 0 spiro atoms. The van der Waals surface area contributed by atoms with Gasteiger partial charge < -0.3 is 20.8 Å².